The molecule has 1 aliphatic carbocycles. The number of nitrogens with zero attached hydrogens (tertiary/aromatic N) is 1. The van der Waals surface area contributed by atoms with Crippen molar-refractivity contribution >= 4 is 5.97 Å². The number of carboxylic acids is 1. The van der Waals surface area contributed by atoms with Gasteiger partial charge in [-0.1, -0.05) is 6.92 Å². The van der Waals surface area contributed by atoms with Gasteiger partial charge in [0, 0.05) is 18.0 Å². The summed E-state index contributed by atoms with van der Waals surface area (Å²) in [5, 5.41) is 9.00. The van der Waals surface area contributed by atoms with E-state index in [0.717, 1.165) is 24.8 Å². The molecule has 1 saturated carbocycles. The maximum atomic E-state index is 11.0. The van der Waals surface area contributed by atoms with Crippen LogP contribution >= 0.6 is 0 Å². The fourth-order valence-corrected chi connectivity index (χ4v) is 1.39. The van der Waals surface area contributed by atoms with E-state index in [1.165, 1.54) is 6.20 Å². The Bertz CT molecular complexity index is 385. The molecule has 1 N–H and O–H groups in total. The molecule has 1 aliphatic rings. The Morgan fingerprint density at radius 2 is 2.33 bits per heavy atom. The molecule has 0 amide bonds. The SMILES string of the molecule is CCc1cncc(C(=O)O)c1OC1CC1. The Balaban J connectivity index is 2.38. The first-order valence-corrected chi connectivity index (χ1v) is 5.09. The Kier molecular flexibility index (Phi) is 2.58. The first-order chi connectivity index (χ1) is 7.22. The number of ether oxygens (including phenoxy) is 1. The highest BCUT2D eigenvalue weighted by Crippen LogP contribution is 2.31. The lowest BCUT2D eigenvalue weighted by Crippen LogP contribution is -2.07. The molecule has 1 aromatic rings. The lowest BCUT2D eigenvalue weighted by Gasteiger charge is -2.11. The maximum absolute atomic E-state index is 11.0. The average molecular weight is 207 g/mol. The van der Waals surface area contributed by atoms with Crippen molar-refractivity contribution in [1.29, 1.82) is 0 Å². The van der Waals surface area contributed by atoms with Crippen molar-refractivity contribution in [1.82, 2.24) is 4.98 Å². The van der Waals surface area contributed by atoms with Gasteiger partial charge in [-0.2, -0.15) is 0 Å². The molecule has 0 radical (unpaired) electrons. The van der Waals surface area contributed by atoms with Gasteiger partial charge >= 0.3 is 5.97 Å². The smallest absolute Gasteiger partial charge is 0.341 e. The van der Waals surface area contributed by atoms with E-state index in [4.69, 9.17) is 9.84 Å². The zero-order valence-electron chi connectivity index (χ0n) is 8.56. The number of rotatable bonds is 4. The van der Waals surface area contributed by atoms with Crippen LogP contribution in [0.4, 0.5) is 0 Å². The van der Waals surface area contributed by atoms with Crippen LogP contribution in [0.2, 0.25) is 0 Å². The molecule has 0 aromatic carbocycles. The minimum absolute atomic E-state index is 0.168. The van der Waals surface area contributed by atoms with E-state index in [-0.39, 0.29) is 11.7 Å². The summed E-state index contributed by atoms with van der Waals surface area (Å²) in [5.41, 5.74) is 1.03. The zero-order valence-corrected chi connectivity index (χ0v) is 8.56. The molecular formula is C11H13NO3. The van der Waals surface area contributed by atoms with Gasteiger partial charge in [-0.25, -0.2) is 4.79 Å². The minimum atomic E-state index is -0.978. The summed E-state index contributed by atoms with van der Waals surface area (Å²) in [6.07, 6.45) is 5.99. The van der Waals surface area contributed by atoms with E-state index in [0.29, 0.717) is 5.75 Å². The molecule has 1 aromatic heterocycles. The number of aromatic nitrogens is 1. The van der Waals surface area contributed by atoms with Crippen LogP contribution in [0.25, 0.3) is 0 Å². The summed E-state index contributed by atoms with van der Waals surface area (Å²) in [5.74, 6) is -0.476. The normalized spacial score (nSPS) is 15.0. The molecule has 0 unspecified atom stereocenters. The topological polar surface area (TPSA) is 59.4 Å². The molecule has 4 heteroatoms. The quantitative estimate of drug-likeness (QED) is 0.818. The number of carbonyl (C=O) groups is 1. The number of aromatic carboxylic acids is 1. The summed E-state index contributed by atoms with van der Waals surface area (Å²) in [4.78, 5) is 14.9. The highest BCUT2D eigenvalue weighted by atomic mass is 16.5. The number of hydrogen-bond acceptors (Lipinski definition) is 3. The van der Waals surface area contributed by atoms with Crippen molar-refractivity contribution in [3.63, 3.8) is 0 Å². The summed E-state index contributed by atoms with van der Waals surface area (Å²) in [7, 11) is 0. The number of carboxylic acid groups (broad SMARTS) is 1. The third kappa shape index (κ3) is 2.09. The summed E-state index contributed by atoms with van der Waals surface area (Å²) >= 11 is 0. The van der Waals surface area contributed by atoms with Crippen LogP contribution in [0.5, 0.6) is 5.75 Å². The predicted octanol–water partition coefficient (Wildman–Crippen LogP) is 1.88. The number of aryl methyl sites for hydroxylation is 1. The highest BCUT2D eigenvalue weighted by Gasteiger charge is 2.27. The van der Waals surface area contributed by atoms with Gasteiger partial charge in [-0.15, -0.1) is 0 Å². The van der Waals surface area contributed by atoms with E-state index >= 15 is 0 Å². The summed E-state index contributed by atoms with van der Waals surface area (Å²) < 4.78 is 5.62. The van der Waals surface area contributed by atoms with Crippen LogP contribution in [0.3, 0.4) is 0 Å². The maximum Gasteiger partial charge on any atom is 0.341 e. The molecule has 1 heterocycles. The third-order valence-corrected chi connectivity index (χ3v) is 2.39. The standard InChI is InChI=1S/C11H13NO3/c1-2-7-5-12-6-9(11(13)14)10(7)15-8-3-4-8/h5-6,8H,2-4H2,1H3,(H,13,14). The van der Waals surface area contributed by atoms with E-state index in [1.807, 2.05) is 6.92 Å². The zero-order chi connectivity index (χ0) is 10.8. The number of pyridine rings is 1. The van der Waals surface area contributed by atoms with Gasteiger partial charge < -0.3 is 9.84 Å². The van der Waals surface area contributed by atoms with Crippen LogP contribution in [-0.4, -0.2) is 22.2 Å². The van der Waals surface area contributed by atoms with E-state index in [9.17, 15) is 4.79 Å². The van der Waals surface area contributed by atoms with Crippen molar-refractivity contribution in [3.8, 4) is 5.75 Å². The van der Waals surface area contributed by atoms with Crippen molar-refractivity contribution in [2.24, 2.45) is 0 Å². The fourth-order valence-electron chi connectivity index (χ4n) is 1.39. The summed E-state index contributed by atoms with van der Waals surface area (Å²) in [6.45, 7) is 1.96. The van der Waals surface area contributed by atoms with E-state index < -0.39 is 5.97 Å². The molecule has 0 saturated heterocycles. The van der Waals surface area contributed by atoms with Crippen LogP contribution < -0.4 is 4.74 Å². The molecule has 80 valence electrons. The van der Waals surface area contributed by atoms with Crippen molar-refractivity contribution in [2.45, 2.75) is 32.3 Å². The molecule has 4 nitrogen and oxygen atoms in total. The molecular weight excluding hydrogens is 194 g/mol. The van der Waals surface area contributed by atoms with Crippen LogP contribution in [0.15, 0.2) is 12.4 Å². The van der Waals surface area contributed by atoms with Gasteiger partial charge in [0.15, 0.2) is 0 Å². The van der Waals surface area contributed by atoms with Crippen molar-refractivity contribution in [3.05, 3.63) is 23.5 Å². The van der Waals surface area contributed by atoms with Crippen LogP contribution in [0.1, 0.15) is 35.7 Å². The van der Waals surface area contributed by atoms with Gasteiger partial charge in [0.2, 0.25) is 0 Å². The molecule has 2 rings (SSSR count). The highest BCUT2D eigenvalue weighted by molar-refractivity contribution is 5.91. The van der Waals surface area contributed by atoms with Crippen molar-refractivity contribution < 1.29 is 14.6 Å². The largest absolute Gasteiger partial charge is 0.489 e. The predicted molar refractivity (Wildman–Crippen MR) is 54.2 cm³/mol. The molecule has 15 heavy (non-hydrogen) atoms. The van der Waals surface area contributed by atoms with Crippen molar-refractivity contribution in [2.75, 3.05) is 0 Å². The van der Waals surface area contributed by atoms with Gasteiger partial charge in [0.25, 0.3) is 0 Å². The molecule has 1 fully saturated rings. The Morgan fingerprint density at radius 1 is 1.60 bits per heavy atom. The molecule has 0 bridgehead atoms. The monoisotopic (exact) mass is 207 g/mol. The second-order valence-electron chi connectivity index (χ2n) is 3.65. The van der Waals surface area contributed by atoms with Gasteiger partial charge in [0.05, 0.1) is 6.10 Å². The van der Waals surface area contributed by atoms with Gasteiger partial charge in [-0.05, 0) is 19.3 Å². The lowest BCUT2D eigenvalue weighted by molar-refractivity contribution is 0.0691. The third-order valence-electron chi connectivity index (χ3n) is 2.39. The second-order valence-corrected chi connectivity index (χ2v) is 3.65. The fraction of sp³-hybridized carbons (Fsp3) is 0.455. The Hall–Kier alpha value is -1.58. The number of hydrogen-bond donors (Lipinski definition) is 1. The first-order valence-electron chi connectivity index (χ1n) is 5.09. The summed E-state index contributed by atoms with van der Waals surface area (Å²) in [6, 6.07) is 0. The molecule has 0 atom stereocenters. The minimum Gasteiger partial charge on any atom is -0.489 e. The van der Waals surface area contributed by atoms with Crippen LogP contribution in [-0.2, 0) is 6.42 Å². The molecule has 0 spiro atoms. The van der Waals surface area contributed by atoms with Gasteiger partial charge in [-0.3, -0.25) is 4.98 Å². The Labute approximate surface area is 87.9 Å². The Morgan fingerprint density at radius 3 is 2.87 bits per heavy atom. The second kappa shape index (κ2) is 3.88. The lowest BCUT2D eigenvalue weighted by atomic mass is 10.1. The van der Waals surface area contributed by atoms with Gasteiger partial charge in [0.1, 0.15) is 11.3 Å². The molecule has 0 aliphatic heterocycles. The van der Waals surface area contributed by atoms with E-state index in [1.54, 1.807) is 6.20 Å². The first kappa shape index (κ1) is 9.96. The van der Waals surface area contributed by atoms with E-state index in [2.05, 4.69) is 4.98 Å². The average Bonchev–Trinajstić information content (AvgIpc) is 3.01. The van der Waals surface area contributed by atoms with Crippen LogP contribution in [0, 0.1) is 0 Å².